The summed E-state index contributed by atoms with van der Waals surface area (Å²) in [5, 5.41) is 10.3. The van der Waals surface area contributed by atoms with E-state index < -0.39 is 5.97 Å². The molecule has 4 rings (SSSR count). The number of carboxylic acid groups (broad SMARTS) is 1. The Morgan fingerprint density at radius 1 is 1.38 bits per heavy atom. The van der Waals surface area contributed by atoms with Crippen molar-refractivity contribution >= 4 is 33.3 Å². The highest BCUT2D eigenvalue weighted by Gasteiger charge is 2.36. The third kappa shape index (κ3) is 2.27. The maximum absolute atomic E-state index is 11.4. The van der Waals surface area contributed by atoms with Crippen LogP contribution in [0.2, 0.25) is 0 Å². The first-order valence-electron chi connectivity index (χ1n) is 7.39. The molecule has 6 heteroatoms. The molecule has 0 saturated heterocycles. The summed E-state index contributed by atoms with van der Waals surface area (Å²) < 4.78 is 0. The second-order valence-corrected chi connectivity index (χ2v) is 7.06. The van der Waals surface area contributed by atoms with Gasteiger partial charge in [-0.05, 0) is 44.1 Å². The molecular formula is C15H17N3O2S. The molecule has 0 atom stereocenters. The average Bonchev–Trinajstić information content (AvgIpc) is 3.34. The van der Waals surface area contributed by atoms with Crippen molar-refractivity contribution in [3.05, 3.63) is 16.8 Å². The molecule has 0 aliphatic heterocycles. The summed E-state index contributed by atoms with van der Waals surface area (Å²) >= 11 is 1.25. The van der Waals surface area contributed by atoms with E-state index in [9.17, 15) is 9.90 Å². The van der Waals surface area contributed by atoms with Gasteiger partial charge in [0.25, 0.3) is 0 Å². The van der Waals surface area contributed by atoms with Crippen LogP contribution >= 0.6 is 11.3 Å². The van der Waals surface area contributed by atoms with Crippen molar-refractivity contribution in [2.75, 3.05) is 11.4 Å². The zero-order valence-corrected chi connectivity index (χ0v) is 12.7. The zero-order chi connectivity index (χ0) is 14.6. The number of carboxylic acids is 1. The van der Waals surface area contributed by atoms with Gasteiger partial charge in [-0.15, -0.1) is 11.3 Å². The van der Waals surface area contributed by atoms with Crippen molar-refractivity contribution in [2.45, 2.75) is 38.6 Å². The summed E-state index contributed by atoms with van der Waals surface area (Å²) in [4.78, 5) is 23.7. The number of carbonyl (C=O) groups is 1. The van der Waals surface area contributed by atoms with E-state index in [1.165, 1.54) is 37.0 Å². The standard InChI is InChI=1S/C15H17N3O2S/c1-8-11-13(18(10-4-5-10)6-9-2-3-9)16-7-17-14(11)21-12(8)15(19)20/h7,9-10H,2-6H2,1H3,(H,19,20). The number of thiophene rings is 1. The Kier molecular flexibility index (Phi) is 2.89. The van der Waals surface area contributed by atoms with Crippen molar-refractivity contribution in [1.29, 1.82) is 0 Å². The molecule has 0 amide bonds. The summed E-state index contributed by atoms with van der Waals surface area (Å²) in [6.45, 7) is 2.92. The van der Waals surface area contributed by atoms with Gasteiger partial charge in [0.1, 0.15) is 21.9 Å². The number of hydrogen-bond acceptors (Lipinski definition) is 5. The molecule has 1 N–H and O–H groups in total. The molecule has 2 fully saturated rings. The summed E-state index contributed by atoms with van der Waals surface area (Å²) in [7, 11) is 0. The van der Waals surface area contributed by atoms with Gasteiger partial charge in [0.05, 0.1) is 5.39 Å². The number of anilines is 1. The fourth-order valence-corrected chi connectivity index (χ4v) is 3.83. The van der Waals surface area contributed by atoms with E-state index in [1.807, 2.05) is 6.92 Å². The van der Waals surface area contributed by atoms with Crippen LogP contribution in [0.1, 0.15) is 40.9 Å². The van der Waals surface area contributed by atoms with Gasteiger partial charge in [-0.1, -0.05) is 0 Å². The van der Waals surface area contributed by atoms with Crippen LogP contribution in [0.15, 0.2) is 6.33 Å². The largest absolute Gasteiger partial charge is 0.477 e. The molecule has 2 saturated carbocycles. The Hall–Kier alpha value is -1.69. The second kappa shape index (κ2) is 4.66. The Balaban J connectivity index is 1.84. The van der Waals surface area contributed by atoms with Crippen molar-refractivity contribution in [2.24, 2.45) is 5.92 Å². The van der Waals surface area contributed by atoms with E-state index in [4.69, 9.17) is 0 Å². The number of rotatable bonds is 5. The fourth-order valence-electron chi connectivity index (χ4n) is 2.85. The van der Waals surface area contributed by atoms with Crippen LogP contribution in [-0.4, -0.2) is 33.6 Å². The maximum atomic E-state index is 11.4. The summed E-state index contributed by atoms with van der Waals surface area (Å²) in [5.41, 5.74) is 0.805. The van der Waals surface area contributed by atoms with Crippen LogP contribution in [-0.2, 0) is 0 Å². The van der Waals surface area contributed by atoms with Crippen molar-refractivity contribution in [1.82, 2.24) is 9.97 Å². The zero-order valence-electron chi connectivity index (χ0n) is 11.9. The van der Waals surface area contributed by atoms with E-state index in [0.29, 0.717) is 10.9 Å². The molecule has 21 heavy (non-hydrogen) atoms. The van der Waals surface area contributed by atoms with E-state index in [-0.39, 0.29) is 0 Å². The van der Waals surface area contributed by atoms with E-state index in [0.717, 1.165) is 34.1 Å². The molecule has 2 aliphatic rings. The average molecular weight is 303 g/mol. The molecular weight excluding hydrogens is 286 g/mol. The third-order valence-electron chi connectivity index (χ3n) is 4.31. The Labute approximate surface area is 126 Å². The molecule has 2 aliphatic carbocycles. The molecule has 0 spiro atoms. The van der Waals surface area contributed by atoms with Gasteiger partial charge in [0.2, 0.25) is 0 Å². The monoisotopic (exact) mass is 303 g/mol. The molecule has 0 bridgehead atoms. The van der Waals surface area contributed by atoms with Crippen molar-refractivity contribution < 1.29 is 9.90 Å². The van der Waals surface area contributed by atoms with Gasteiger partial charge in [0, 0.05) is 12.6 Å². The van der Waals surface area contributed by atoms with Gasteiger partial charge in [0.15, 0.2) is 0 Å². The molecule has 0 unspecified atom stereocenters. The number of aromatic carboxylic acids is 1. The molecule has 110 valence electrons. The van der Waals surface area contributed by atoms with Gasteiger partial charge < -0.3 is 10.0 Å². The topological polar surface area (TPSA) is 66.3 Å². The first kappa shape index (κ1) is 13.0. The molecule has 2 aromatic rings. The Morgan fingerprint density at radius 3 is 2.76 bits per heavy atom. The highest BCUT2D eigenvalue weighted by atomic mass is 32.1. The van der Waals surface area contributed by atoms with Crippen LogP contribution in [0.5, 0.6) is 0 Å². The number of aromatic nitrogens is 2. The highest BCUT2D eigenvalue weighted by Crippen LogP contribution is 2.41. The van der Waals surface area contributed by atoms with Crippen LogP contribution in [0.3, 0.4) is 0 Å². The number of nitrogens with zero attached hydrogens (tertiary/aromatic N) is 3. The predicted octanol–water partition coefficient (Wildman–Crippen LogP) is 3.08. The normalized spacial score (nSPS) is 18.1. The minimum absolute atomic E-state index is 0.383. The molecule has 0 radical (unpaired) electrons. The van der Waals surface area contributed by atoms with Gasteiger partial charge in [-0.2, -0.15) is 0 Å². The highest BCUT2D eigenvalue weighted by molar-refractivity contribution is 7.20. The summed E-state index contributed by atoms with van der Waals surface area (Å²) in [6, 6.07) is 0.580. The lowest BCUT2D eigenvalue weighted by atomic mass is 10.2. The number of hydrogen-bond donors (Lipinski definition) is 1. The van der Waals surface area contributed by atoms with E-state index in [1.54, 1.807) is 6.33 Å². The minimum atomic E-state index is -0.874. The number of fused-ring (bicyclic) bond motifs is 1. The van der Waals surface area contributed by atoms with Crippen LogP contribution in [0.25, 0.3) is 10.2 Å². The Bertz CT molecular complexity index is 719. The van der Waals surface area contributed by atoms with Gasteiger partial charge >= 0.3 is 5.97 Å². The van der Waals surface area contributed by atoms with Crippen LogP contribution < -0.4 is 4.90 Å². The van der Waals surface area contributed by atoms with E-state index >= 15 is 0 Å². The van der Waals surface area contributed by atoms with Gasteiger partial charge in [-0.3, -0.25) is 0 Å². The van der Waals surface area contributed by atoms with Crippen molar-refractivity contribution in [3.63, 3.8) is 0 Å². The molecule has 0 aromatic carbocycles. The van der Waals surface area contributed by atoms with Crippen LogP contribution in [0, 0.1) is 12.8 Å². The van der Waals surface area contributed by atoms with Gasteiger partial charge in [-0.25, -0.2) is 14.8 Å². The van der Waals surface area contributed by atoms with Crippen LogP contribution in [0.4, 0.5) is 5.82 Å². The van der Waals surface area contributed by atoms with Crippen molar-refractivity contribution in [3.8, 4) is 0 Å². The smallest absolute Gasteiger partial charge is 0.346 e. The predicted molar refractivity (Wildman–Crippen MR) is 82.2 cm³/mol. The third-order valence-corrected chi connectivity index (χ3v) is 5.50. The van der Waals surface area contributed by atoms with E-state index in [2.05, 4.69) is 14.9 Å². The lowest BCUT2D eigenvalue weighted by molar-refractivity contribution is 0.0701. The SMILES string of the molecule is Cc1c(C(=O)O)sc2ncnc(N(CC3CC3)C3CC3)c12. The fraction of sp³-hybridized carbons (Fsp3) is 0.533. The molecule has 2 aromatic heterocycles. The summed E-state index contributed by atoms with van der Waals surface area (Å²) in [6.07, 6.45) is 6.61. The summed E-state index contributed by atoms with van der Waals surface area (Å²) in [5.74, 6) is 0.853. The maximum Gasteiger partial charge on any atom is 0.346 e. The first-order chi connectivity index (χ1) is 10.1. The number of aryl methyl sites for hydroxylation is 1. The molecule has 5 nitrogen and oxygen atoms in total. The quantitative estimate of drug-likeness (QED) is 0.919. The molecule has 2 heterocycles. The lowest BCUT2D eigenvalue weighted by Gasteiger charge is -2.24. The second-order valence-electron chi connectivity index (χ2n) is 6.07. The Morgan fingerprint density at radius 2 is 2.14 bits per heavy atom. The first-order valence-corrected chi connectivity index (χ1v) is 8.21. The lowest BCUT2D eigenvalue weighted by Crippen LogP contribution is -2.29. The minimum Gasteiger partial charge on any atom is -0.477 e.